The monoisotopic (exact) mass is 246 g/mol. The van der Waals surface area contributed by atoms with Gasteiger partial charge in [-0.3, -0.25) is 0 Å². The summed E-state index contributed by atoms with van der Waals surface area (Å²) in [5, 5.41) is 11.5. The lowest BCUT2D eigenvalue weighted by molar-refractivity contribution is 0.603. The Labute approximate surface area is 102 Å². The van der Waals surface area contributed by atoms with E-state index in [0.717, 1.165) is 18.2 Å². The standard InChI is InChI=1S/C12H8F2N4/c1-7-16-6-8(5-15)12(17-7)18-11-4-9(13)2-3-10(11)14/h2-4,6H,1H3,(H,16,17,18). The molecule has 0 aliphatic carbocycles. The number of nitrogens with zero attached hydrogens (tertiary/aromatic N) is 3. The van der Waals surface area contributed by atoms with Crippen molar-refractivity contribution in [3.8, 4) is 6.07 Å². The van der Waals surface area contributed by atoms with Gasteiger partial charge in [-0.25, -0.2) is 18.7 Å². The molecule has 0 fully saturated rings. The third kappa shape index (κ3) is 2.40. The van der Waals surface area contributed by atoms with E-state index >= 15 is 0 Å². The molecule has 0 unspecified atom stereocenters. The number of anilines is 2. The van der Waals surface area contributed by atoms with Crippen molar-refractivity contribution >= 4 is 11.5 Å². The maximum absolute atomic E-state index is 13.4. The van der Waals surface area contributed by atoms with E-state index in [0.29, 0.717) is 5.82 Å². The first-order chi connectivity index (χ1) is 8.60. The molecule has 18 heavy (non-hydrogen) atoms. The molecule has 2 aromatic rings. The molecule has 0 saturated heterocycles. The summed E-state index contributed by atoms with van der Waals surface area (Å²) >= 11 is 0. The predicted octanol–water partition coefficient (Wildman–Crippen LogP) is 2.68. The maximum atomic E-state index is 13.4. The van der Waals surface area contributed by atoms with E-state index in [1.54, 1.807) is 6.92 Å². The molecule has 0 spiro atoms. The van der Waals surface area contributed by atoms with E-state index in [4.69, 9.17) is 5.26 Å². The van der Waals surface area contributed by atoms with Crippen LogP contribution in [0, 0.1) is 29.9 Å². The van der Waals surface area contributed by atoms with Crippen LogP contribution in [-0.2, 0) is 0 Å². The van der Waals surface area contributed by atoms with Gasteiger partial charge in [-0.05, 0) is 19.1 Å². The summed E-state index contributed by atoms with van der Waals surface area (Å²) in [4.78, 5) is 7.83. The quantitative estimate of drug-likeness (QED) is 0.884. The van der Waals surface area contributed by atoms with Crippen molar-refractivity contribution in [2.24, 2.45) is 0 Å². The van der Waals surface area contributed by atoms with Crippen molar-refractivity contribution in [2.75, 3.05) is 5.32 Å². The van der Waals surface area contributed by atoms with Crippen LogP contribution in [-0.4, -0.2) is 9.97 Å². The van der Waals surface area contributed by atoms with Gasteiger partial charge in [0.05, 0.1) is 11.9 Å². The Morgan fingerprint density at radius 2 is 2.11 bits per heavy atom. The molecule has 1 aromatic heterocycles. The molecule has 0 amide bonds. The van der Waals surface area contributed by atoms with Crippen LogP contribution in [0.2, 0.25) is 0 Å². The molecular formula is C12H8F2N4. The molecule has 6 heteroatoms. The van der Waals surface area contributed by atoms with Crippen LogP contribution in [0.25, 0.3) is 0 Å². The summed E-state index contributed by atoms with van der Waals surface area (Å²) in [5.41, 5.74) is 0.0776. The predicted molar refractivity (Wildman–Crippen MR) is 61.1 cm³/mol. The van der Waals surface area contributed by atoms with Crippen LogP contribution in [0.4, 0.5) is 20.3 Å². The van der Waals surface area contributed by atoms with Crippen molar-refractivity contribution in [1.29, 1.82) is 5.26 Å². The van der Waals surface area contributed by atoms with Crippen molar-refractivity contribution in [3.05, 3.63) is 47.4 Å². The van der Waals surface area contributed by atoms with E-state index in [1.807, 2.05) is 6.07 Å². The summed E-state index contributed by atoms with van der Waals surface area (Å²) < 4.78 is 26.4. The molecule has 0 aliphatic heterocycles. The van der Waals surface area contributed by atoms with Gasteiger partial charge < -0.3 is 5.32 Å². The number of benzene rings is 1. The van der Waals surface area contributed by atoms with Crippen molar-refractivity contribution in [2.45, 2.75) is 6.92 Å². The van der Waals surface area contributed by atoms with Crippen molar-refractivity contribution in [1.82, 2.24) is 9.97 Å². The Kier molecular flexibility index (Phi) is 3.15. The van der Waals surface area contributed by atoms with E-state index in [9.17, 15) is 8.78 Å². The lowest BCUT2D eigenvalue weighted by Gasteiger charge is -2.08. The second-order valence-electron chi connectivity index (χ2n) is 3.54. The first-order valence-corrected chi connectivity index (χ1v) is 5.06. The van der Waals surface area contributed by atoms with Gasteiger partial charge in [0.15, 0.2) is 5.82 Å². The number of aryl methyl sites for hydroxylation is 1. The zero-order valence-electron chi connectivity index (χ0n) is 9.41. The molecular weight excluding hydrogens is 238 g/mol. The highest BCUT2D eigenvalue weighted by molar-refractivity contribution is 5.62. The van der Waals surface area contributed by atoms with Crippen LogP contribution < -0.4 is 5.32 Å². The number of aromatic nitrogens is 2. The molecule has 0 bridgehead atoms. The largest absolute Gasteiger partial charge is 0.337 e. The van der Waals surface area contributed by atoms with Crippen LogP contribution in [0.5, 0.6) is 0 Å². The number of hydrogen-bond acceptors (Lipinski definition) is 4. The lowest BCUT2D eigenvalue weighted by atomic mass is 10.2. The first-order valence-electron chi connectivity index (χ1n) is 5.06. The van der Waals surface area contributed by atoms with Crippen molar-refractivity contribution in [3.63, 3.8) is 0 Å². The molecule has 0 saturated carbocycles. The SMILES string of the molecule is Cc1ncc(C#N)c(Nc2cc(F)ccc2F)n1. The number of nitriles is 1. The number of nitrogens with one attached hydrogen (secondary N) is 1. The van der Waals surface area contributed by atoms with Gasteiger partial charge in [0.1, 0.15) is 29.1 Å². The molecule has 0 aliphatic rings. The molecule has 4 nitrogen and oxygen atoms in total. The molecule has 0 atom stereocenters. The summed E-state index contributed by atoms with van der Waals surface area (Å²) in [6.45, 7) is 1.63. The Bertz CT molecular complexity index is 634. The fourth-order valence-electron chi connectivity index (χ4n) is 1.37. The van der Waals surface area contributed by atoms with Gasteiger partial charge in [0.2, 0.25) is 0 Å². The second kappa shape index (κ2) is 4.75. The van der Waals surface area contributed by atoms with Crippen molar-refractivity contribution < 1.29 is 8.78 Å². The number of halogens is 2. The van der Waals surface area contributed by atoms with Gasteiger partial charge in [0, 0.05) is 6.07 Å². The van der Waals surface area contributed by atoms with Crippen LogP contribution in [0.1, 0.15) is 11.4 Å². The van der Waals surface area contributed by atoms with Gasteiger partial charge in [-0.2, -0.15) is 5.26 Å². The molecule has 1 heterocycles. The van der Waals surface area contributed by atoms with Crippen LogP contribution in [0.15, 0.2) is 24.4 Å². The Hall–Kier alpha value is -2.55. The zero-order chi connectivity index (χ0) is 13.1. The highest BCUT2D eigenvalue weighted by Gasteiger charge is 2.09. The summed E-state index contributed by atoms with van der Waals surface area (Å²) in [7, 11) is 0. The van der Waals surface area contributed by atoms with Crippen LogP contribution >= 0.6 is 0 Å². The topological polar surface area (TPSA) is 61.6 Å². The van der Waals surface area contributed by atoms with E-state index < -0.39 is 11.6 Å². The van der Waals surface area contributed by atoms with E-state index in [2.05, 4.69) is 15.3 Å². The maximum Gasteiger partial charge on any atom is 0.152 e. The summed E-state index contributed by atoms with van der Waals surface area (Å²) in [6, 6.07) is 4.88. The Balaban J connectivity index is 2.43. The number of rotatable bonds is 2. The highest BCUT2D eigenvalue weighted by atomic mass is 19.1. The first kappa shape index (κ1) is 11.9. The zero-order valence-corrected chi connectivity index (χ0v) is 9.41. The third-order valence-electron chi connectivity index (χ3n) is 2.21. The van der Waals surface area contributed by atoms with Gasteiger partial charge >= 0.3 is 0 Å². The van der Waals surface area contributed by atoms with E-state index in [1.165, 1.54) is 6.20 Å². The minimum absolute atomic E-state index is 0.0791. The normalized spacial score (nSPS) is 9.89. The van der Waals surface area contributed by atoms with Gasteiger partial charge in [-0.1, -0.05) is 0 Å². The number of hydrogen-bond donors (Lipinski definition) is 1. The third-order valence-corrected chi connectivity index (χ3v) is 2.21. The Morgan fingerprint density at radius 3 is 2.83 bits per heavy atom. The fourth-order valence-corrected chi connectivity index (χ4v) is 1.37. The smallest absolute Gasteiger partial charge is 0.152 e. The average Bonchev–Trinajstić information content (AvgIpc) is 2.34. The fraction of sp³-hybridized carbons (Fsp3) is 0.0833. The molecule has 90 valence electrons. The molecule has 2 rings (SSSR count). The summed E-state index contributed by atoms with van der Waals surface area (Å²) in [6.07, 6.45) is 1.32. The average molecular weight is 246 g/mol. The molecule has 0 radical (unpaired) electrons. The second-order valence-corrected chi connectivity index (χ2v) is 3.54. The lowest BCUT2D eigenvalue weighted by Crippen LogP contribution is -2.02. The Morgan fingerprint density at radius 1 is 1.33 bits per heavy atom. The summed E-state index contributed by atoms with van der Waals surface area (Å²) in [5.74, 6) is -0.637. The molecule has 1 aromatic carbocycles. The minimum atomic E-state index is -0.628. The molecule has 1 N–H and O–H groups in total. The van der Waals surface area contributed by atoms with E-state index in [-0.39, 0.29) is 17.1 Å². The highest BCUT2D eigenvalue weighted by Crippen LogP contribution is 2.21. The minimum Gasteiger partial charge on any atom is -0.337 e. The van der Waals surface area contributed by atoms with Crippen LogP contribution in [0.3, 0.4) is 0 Å². The van der Waals surface area contributed by atoms with Gasteiger partial charge in [-0.15, -0.1) is 0 Å². The van der Waals surface area contributed by atoms with Gasteiger partial charge in [0.25, 0.3) is 0 Å².